The van der Waals surface area contributed by atoms with Crippen molar-refractivity contribution in [2.24, 2.45) is 0 Å². The topological polar surface area (TPSA) is 104 Å². The molecule has 1 aliphatic heterocycles. The van der Waals surface area contributed by atoms with E-state index in [9.17, 15) is 9.90 Å². The summed E-state index contributed by atoms with van der Waals surface area (Å²) in [5, 5.41) is 14.3. The van der Waals surface area contributed by atoms with E-state index in [2.05, 4.69) is 29.0 Å². The van der Waals surface area contributed by atoms with E-state index in [1.165, 1.54) is 0 Å². The summed E-state index contributed by atoms with van der Waals surface area (Å²) in [5.41, 5.74) is 2.04. The first-order chi connectivity index (χ1) is 17.8. The fourth-order valence-electron chi connectivity index (χ4n) is 5.48. The Kier molecular flexibility index (Phi) is 9.54. The Morgan fingerprint density at radius 3 is 2.57 bits per heavy atom. The van der Waals surface area contributed by atoms with Crippen LogP contribution in [0.1, 0.15) is 83.1 Å². The zero-order valence-electron chi connectivity index (χ0n) is 22.9. The third kappa shape index (κ3) is 7.29. The number of ether oxygens (including phenoxy) is 1. The second-order valence-corrected chi connectivity index (χ2v) is 11.0. The third-order valence-corrected chi connectivity index (χ3v) is 7.80. The van der Waals surface area contributed by atoms with Crippen LogP contribution in [-0.2, 0) is 4.79 Å². The average Bonchev–Trinajstić information content (AvgIpc) is 2.89. The van der Waals surface area contributed by atoms with Gasteiger partial charge in [-0.2, -0.15) is 0 Å². The van der Waals surface area contributed by atoms with Crippen LogP contribution >= 0.6 is 0 Å². The number of carbonyl (C=O) groups is 1. The van der Waals surface area contributed by atoms with E-state index in [1.807, 2.05) is 12.4 Å². The third-order valence-electron chi connectivity index (χ3n) is 7.80. The summed E-state index contributed by atoms with van der Waals surface area (Å²) >= 11 is 0. The number of pyridine rings is 1. The number of nitrogens with one attached hydrogen (secondary N) is 1. The lowest BCUT2D eigenvalue weighted by atomic mass is 9.83. The van der Waals surface area contributed by atoms with Crippen LogP contribution in [-0.4, -0.2) is 87.7 Å². The number of nitrogens with zero attached hydrogens (tertiary/aromatic N) is 5. The normalized spacial score (nSPS) is 22.1. The van der Waals surface area contributed by atoms with Gasteiger partial charge in [0.05, 0.1) is 17.0 Å². The summed E-state index contributed by atoms with van der Waals surface area (Å²) in [4.78, 5) is 30.3. The van der Waals surface area contributed by atoms with Crippen molar-refractivity contribution in [3.05, 3.63) is 18.0 Å². The molecule has 3 heterocycles. The lowest BCUT2D eigenvalue weighted by Gasteiger charge is -2.32. The van der Waals surface area contributed by atoms with Crippen LogP contribution in [0, 0.1) is 0 Å². The van der Waals surface area contributed by atoms with Crippen molar-refractivity contribution in [1.29, 1.82) is 0 Å². The lowest BCUT2D eigenvalue weighted by molar-refractivity contribution is -0.129. The van der Waals surface area contributed by atoms with Crippen molar-refractivity contribution >= 4 is 22.8 Å². The molecule has 0 aromatic carbocycles. The Morgan fingerprint density at radius 1 is 1.16 bits per heavy atom. The molecule has 1 saturated carbocycles. The van der Waals surface area contributed by atoms with Crippen molar-refractivity contribution in [2.45, 2.75) is 95.8 Å². The fourth-order valence-corrected chi connectivity index (χ4v) is 5.48. The number of carbonyl (C=O) groups excluding carboxylic acids is 1. The van der Waals surface area contributed by atoms with E-state index in [0.29, 0.717) is 30.2 Å². The Labute approximate surface area is 221 Å². The lowest BCUT2D eigenvalue weighted by Crippen LogP contribution is -2.40. The van der Waals surface area contributed by atoms with Gasteiger partial charge < -0.3 is 25.0 Å². The highest BCUT2D eigenvalue weighted by Crippen LogP contribution is 2.38. The zero-order valence-corrected chi connectivity index (χ0v) is 22.9. The molecule has 204 valence electrons. The largest absolute Gasteiger partial charge is 0.474 e. The number of anilines is 1. The number of hydrogen-bond acceptors (Lipinski definition) is 8. The number of piperidine rings is 1. The van der Waals surface area contributed by atoms with Gasteiger partial charge in [0.2, 0.25) is 17.7 Å². The summed E-state index contributed by atoms with van der Waals surface area (Å²) in [6, 6.07) is 0.298. The molecule has 37 heavy (non-hydrogen) atoms. The minimum atomic E-state index is -0.202. The molecule has 2 aromatic heterocycles. The Balaban J connectivity index is 1.49. The summed E-state index contributed by atoms with van der Waals surface area (Å²) < 4.78 is 6.45. The number of fused-ring (bicyclic) bond motifs is 1. The van der Waals surface area contributed by atoms with Crippen LogP contribution in [0.15, 0.2) is 12.4 Å². The van der Waals surface area contributed by atoms with Gasteiger partial charge in [0.25, 0.3) is 0 Å². The molecule has 2 fully saturated rings. The summed E-state index contributed by atoms with van der Waals surface area (Å²) in [6.07, 6.45) is 11.7. The van der Waals surface area contributed by atoms with E-state index < -0.39 is 0 Å². The van der Waals surface area contributed by atoms with Gasteiger partial charge in [-0.3, -0.25) is 4.79 Å². The smallest absolute Gasteiger partial charge is 0.224 e. The summed E-state index contributed by atoms with van der Waals surface area (Å²) in [6.45, 7) is 6.94. The SMILES string of the molecule is CCCC(C)Nc1ncc2c(OC3CCN(CCC(=O)N(C)C)CC3)ncc(C3CCC(O)CC3)c2n1. The second kappa shape index (κ2) is 12.8. The van der Waals surface area contributed by atoms with Gasteiger partial charge in [-0.25, -0.2) is 15.0 Å². The van der Waals surface area contributed by atoms with Crippen molar-refractivity contribution in [1.82, 2.24) is 24.8 Å². The maximum Gasteiger partial charge on any atom is 0.224 e. The molecular formula is C28H44N6O3. The van der Waals surface area contributed by atoms with E-state index in [-0.39, 0.29) is 18.1 Å². The molecule has 9 heteroatoms. The molecule has 0 spiro atoms. The molecule has 1 amide bonds. The quantitative estimate of drug-likeness (QED) is 0.493. The second-order valence-electron chi connectivity index (χ2n) is 11.0. The molecular weight excluding hydrogens is 468 g/mol. The number of hydrogen-bond donors (Lipinski definition) is 2. The van der Waals surface area contributed by atoms with Crippen molar-refractivity contribution in [2.75, 3.05) is 39.0 Å². The number of rotatable bonds is 10. The molecule has 2 N–H and O–H groups in total. The number of aliphatic hydroxyl groups excluding tert-OH is 1. The van der Waals surface area contributed by atoms with Gasteiger partial charge in [-0.1, -0.05) is 13.3 Å². The van der Waals surface area contributed by atoms with E-state index in [1.54, 1.807) is 19.0 Å². The molecule has 2 aromatic rings. The minimum Gasteiger partial charge on any atom is -0.474 e. The highest BCUT2D eigenvalue weighted by atomic mass is 16.5. The molecule has 0 bridgehead atoms. The minimum absolute atomic E-state index is 0.0783. The van der Waals surface area contributed by atoms with Gasteiger partial charge in [0.15, 0.2) is 0 Å². The zero-order chi connectivity index (χ0) is 26.4. The Morgan fingerprint density at radius 2 is 1.89 bits per heavy atom. The highest BCUT2D eigenvalue weighted by Gasteiger charge is 2.27. The van der Waals surface area contributed by atoms with Gasteiger partial charge in [0, 0.05) is 64.1 Å². The first-order valence-electron chi connectivity index (χ1n) is 14.0. The molecule has 1 aliphatic carbocycles. The van der Waals surface area contributed by atoms with E-state index in [0.717, 1.165) is 87.5 Å². The molecule has 9 nitrogen and oxygen atoms in total. The first kappa shape index (κ1) is 27.5. The number of amides is 1. The average molecular weight is 513 g/mol. The molecule has 2 aliphatic rings. The van der Waals surface area contributed by atoms with Crippen LogP contribution in [0.5, 0.6) is 5.88 Å². The van der Waals surface area contributed by atoms with Crippen LogP contribution in [0.4, 0.5) is 5.95 Å². The molecule has 1 unspecified atom stereocenters. The van der Waals surface area contributed by atoms with Crippen LogP contribution in [0.2, 0.25) is 0 Å². The first-order valence-corrected chi connectivity index (χ1v) is 14.0. The molecule has 0 radical (unpaired) electrons. The monoisotopic (exact) mass is 512 g/mol. The van der Waals surface area contributed by atoms with Gasteiger partial charge in [-0.15, -0.1) is 0 Å². The molecule has 1 saturated heterocycles. The van der Waals surface area contributed by atoms with Gasteiger partial charge >= 0.3 is 0 Å². The van der Waals surface area contributed by atoms with Crippen molar-refractivity contribution < 1.29 is 14.6 Å². The van der Waals surface area contributed by atoms with E-state index in [4.69, 9.17) is 14.7 Å². The number of likely N-dealkylation sites (tertiary alicyclic amines) is 1. The maximum atomic E-state index is 11.9. The number of aliphatic hydroxyl groups is 1. The van der Waals surface area contributed by atoms with Crippen LogP contribution < -0.4 is 10.1 Å². The summed E-state index contributed by atoms with van der Waals surface area (Å²) in [7, 11) is 3.61. The van der Waals surface area contributed by atoms with Crippen molar-refractivity contribution in [3.8, 4) is 5.88 Å². The standard InChI is InChI=1S/C28H44N6O3/c1-5-6-19(2)31-28-30-18-24-26(32-28)23(20-7-9-21(35)10-8-20)17-29-27(24)37-22-11-14-34(15-12-22)16-13-25(36)33(3)4/h17-22,35H,5-16H2,1-4H3,(H,30,31,32). The predicted octanol–water partition coefficient (Wildman–Crippen LogP) is 3.97. The number of aromatic nitrogens is 3. The predicted molar refractivity (Wildman–Crippen MR) is 146 cm³/mol. The molecule has 1 atom stereocenters. The van der Waals surface area contributed by atoms with E-state index >= 15 is 0 Å². The van der Waals surface area contributed by atoms with Crippen molar-refractivity contribution in [3.63, 3.8) is 0 Å². The van der Waals surface area contributed by atoms with Crippen LogP contribution in [0.3, 0.4) is 0 Å². The van der Waals surface area contributed by atoms with Gasteiger partial charge in [0.1, 0.15) is 6.10 Å². The fraction of sp³-hybridized carbons (Fsp3) is 0.714. The maximum absolute atomic E-state index is 11.9. The van der Waals surface area contributed by atoms with Crippen LogP contribution in [0.25, 0.3) is 10.9 Å². The molecule has 4 rings (SSSR count). The summed E-state index contributed by atoms with van der Waals surface area (Å²) in [5.74, 6) is 1.74. The Bertz CT molecular complexity index is 1030. The Hall–Kier alpha value is -2.52. The highest BCUT2D eigenvalue weighted by molar-refractivity contribution is 5.86. The van der Waals surface area contributed by atoms with Gasteiger partial charge in [-0.05, 0) is 57.8 Å².